The second kappa shape index (κ2) is 5.33. The lowest BCUT2D eigenvalue weighted by Gasteiger charge is -1.99. The molecule has 0 saturated carbocycles. The van der Waals surface area contributed by atoms with Gasteiger partial charge in [0.05, 0.1) is 12.8 Å². The minimum absolute atomic E-state index is 0.758. The quantitative estimate of drug-likeness (QED) is 0.884. The Morgan fingerprint density at radius 2 is 2.24 bits per heavy atom. The van der Waals surface area contributed by atoms with Gasteiger partial charge < -0.3 is 10.1 Å². The standard InChI is InChI=1S/C12H17N3OS/c1-9-4-5-11(17-9)8-13-7-10-6-12(16-3)15(2)14-10/h4-6,13H,7-8H2,1-3H3. The smallest absolute Gasteiger partial charge is 0.211 e. The van der Waals surface area contributed by atoms with Crippen LogP contribution in [-0.2, 0) is 20.1 Å². The maximum atomic E-state index is 5.17. The molecule has 2 rings (SSSR count). The van der Waals surface area contributed by atoms with Crippen molar-refractivity contribution in [3.63, 3.8) is 0 Å². The fourth-order valence-corrected chi connectivity index (χ4v) is 2.54. The van der Waals surface area contributed by atoms with Gasteiger partial charge in [0.1, 0.15) is 0 Å². The Morgan fingerprint density at radius 3 is 2.82 bits per heavy atom. The van der Waals surface area contributed by atoms with Gasteiger partial charge in [-0.1, -0.05) is 0 Å². The van der Waals surface area contributed by atoms with Crippen LogP contribution < -0.4 is 10.1 Å². The molecular weight excluding hydrogens is 234 g/mol. The van der Waals surface area contributed by atoms with E-state index in [0.717, 1.165) is 24.7 Å². The topological polar surface area (TPSA) is 39.1 Å². The number of nitrogens with zero attached hydrogens (tertiary/aromatic N) is 2. The zero-order chi connectivity index (χ0) is 12.3. The number of rotatable bonds is 5. The van der Waals surface area contributed by atoms with E-state index in [1.54, 1.807) is 11.8 Å². The van der Waals surface area contributed by atoms with E-state index in [1.165, 1.54) is 9.75 Å². The SMILES string of the molecule is COc1cc(CNCc2ccc(C)s2)nn1C. The highest BCUT2D eigenvalue weighted by molar-refractivity contribution is 7.11. The van der Waals surface area contributed by atoms with Crippen LogP contribution in [0.3, 0.4) is 0 Å². The summed E-state index contributed by atoms with van der Waals surface area (Å²) in [5.41, 5.74) is 0.998. The average molecular weight is 251 g/mol. The van der Waals surface area contributed by atoms with Crippen LogP contribution >= 0.6 is 11.3 Å². The molecule has 5 heteroatoms. The highest BCUT2D eigenvalue weighted by atomic mass is 32.1. The lowest BCUT2D eigenvalue weighted by atomic mass is 10.4. The lowest BCUT2D eigenvalue weighted by molar-refractivity contribution is 0.373. The van der Waals surface area contributed by atoms with Gasteiger partial charge in [-0.25, -0.2) is 4.68 Å². The summed E-state index contributed by atoms with van der Waals surface area (Å²) < 4.78 is 6.91. The molecule has 0 atom stereocenters. The molecule has 92 valence electrons. The van der Waals surface area contributed by atoms with E-state index in [-0.39, 0.29) is 0 Å². The molecule has 2 aromatic heterocycles. The van der Waals surface area contributed by atoms with Crippen molar-refractivity contribution in [1.82, 2.24) is 15.1 Å². The van der Waals surface area contributed by atoms with Crippen LogP contribution in [0.5, 0.6) is 5.88 Å². The van der Waals surface area contributed by atoms with Crippen molar-refractivity contribution in [2.75, 3.05) is 7.11 Å². The largest absolute Gasteiger partial charge is 0.481 e. The summed E-state index contributed by atoms with van der Waals surface area (Å²) in [6.07, 6.45) is 0. The first-order valence-electron chi connectivity index (χ1n) is 5.52. The number of aryl methyl sites for hydroxylation is 2. The van der Waals surface area contributed by atoms with E-state index >= 15 is 0 Å². The van der Waals surface area contributed by atoms with E-state index in [9.17, 15) is 0 Å². The van der Waals surface area contributed by atoms with E-state index in [4.69, 9.17) is 4.74 Å². The van der Waals surface area contributed by atoms with Gasteiger partial charge in [0.25, 0.3) is 0 Å². The van der Waals surface area contributed by atoms with Crippen LogP contribution in [0, 0.1) is 6.92 Å². The second-order valence-corrected chi connectivity index (χ2v) is 5.29. The van der Waals surface area contributed by atoms with Crippen LogP contribution in [0.25, 0.3) is 0 Å². The average Bonchev–Trinajstić information content (AvgIpc) is 2.85. The van der Waals surface area contributed by atoms with Gasteiger partial charge in [-0.15, -0.1) is 11.3 Å². The lowest BCUT2D eigenvalue weighted by Crippen LogP contribution is -2.12. The molecule has 2 heterocycles. The maximum Gasteiger partial charge on any atom is 0.211 e. The summed E-state index contributed by atoms with van der Waals surface area (Å²) in [4.78, 5) is 2.70. The first-order chi connectivity index (χ1) is 8.19. The number of hydrogen-bond acceptors (Lipinski definition) is 4. The molecule has 0 bridgehead atoms. The maximum absolute atomic E-state index is 5.17. The second-order valence-electron chi connectivity index (χ2n) is 3.92. The molecule has 0 radical (unpaired) electrons. The summed E-state index contributed by atoms with van der Waals surface area (Å²) in [5.74, 6) is 0.786. The van der Waals surface area contributed by atoms with Crippen LogP contribution in [0.15, 0.2) is 18.2 Å². The highest BCUT2D eigenvalue weighted by Gasteiger charge is 2.04. The molecule has 17 heavy (non-hydrogen) atoms. The number of nitrogens with one attached hydrogen (secondary N) is 1. The van der Waals surface area contributed by atoms with Crippen molar-refractivity contribution < 1.29 is 4.74 Å². The molecule has 0 saturated heterocycles. The minimum Gasteiger partial charge on any atom is -0.481 e. The first kappa shape index (κ1) is 12.1. The summed E-state index contributed by atoms with van der Waals surface area (Å²) >= 11 is 1.82. The van der Waals surface area contributed by atoms with Crippen molar-refractivity contribution >= 4 is 11.3 Å². The Morgan fingerprint density at radius 1 is 1.41 bits per heavy atom. The molecule has 0 unspecified atom stereocenters. The molecule has 0 spiro atoms. The molecule has 0 aliphatic carbocycles. The number of thiophene rings is 1. The van der Waals surface area contributed by atoms with Crippen LogP contribution in [0.2, 0.25) is 0 Å². The van der Waals surface area contributed by atoms with Crippen molar-refractivity contribution in [2.24, 2.45) is 7.05 Å². The molecule has 0 aromatic carbocycles. The van der Waals surface area contributed by atoms with Crippen LogP contribution in [-0.4, -0.2) is 16.9 Å². The normalized spacial score (nSPS) is 10.8. The third kappa shape index (κ3) is 3.08. The summed E-state index contributed by atoms with van der Waals surface area (Å²) in [7, 11) is 3.54. The molecule has 0 aliphatic rings. The molecule has 0 aliphatic heterocycles. The summed E-state index contributed by atoms with van der Waals surface area (Å²) in [6, 6.07) is 6.25. The number of methoxy groups -OCH3 is 1. The van der Waals surface area contributed by atoms with Crippen molar-refractivity contribution in [3.8, 4) is 5.88 Å². The third-order valence-electron chi connectivity index (χ3n) is 2.50. The Labute approximate surface area is 105 Å². The van der Waals surface area contributed by atoms with Crippen LogP contribution in [0.4, 0.5) is 0 Å². The Kier molecular flexibility index (Phi) is 3.81. The van der Waals surface area contributed by atoms with Gasteiger partial charge >= 0.3 is 0 Å². The molecule has 4 nitrogen and oxygen atoms in total. The molecule has 1 N–H and O–H groups in total. The predicted molar refractivity (Wildman–Crippen MR) is 69.4 cm³/mol. The summed E-state index contributed by atoms with van der Waals surface area (Å²) in [5, 5.41) is 7.73. The molecule has 0 fully saturated rings. The number of hydrogen-bond donors (Lipinski definition) is 1. The van der Waals surface area contributed by atoms with E-state index in [0.29, 0.717) is 0 Å². The first-order valence-corrected chi connectivity index (χ1v) is 6.33. The van der Waals surface area contributed by atoms with Gasteiger partial charge in [0.2, 0.25) is 5.88 Å². The van der Waals surface area contributed by atoms with Gasteiger partial charge in [-0.2, -0.15) is 5.10 Å². The van der Waals surface area contributed by atoms with Crippen molar-refractivity contribution in [1.29, 1.82) is 0 Å². The van der Waals surface area contributed by atoms with Crippen molar-refractivity contribution in [2.45, 2.75) is 20.0 Å². The zero-order valence-electron chi connectivity index (χ0n) is 10.4. The molecular formula is C12H17N3OS. The Balaban J connectivity index is 1.85. The van der Waals surface area contributed by atoms with Crippen molar-refractivity contribution in [3.05, 3.63) is 33.6 Å². The monoisotopic (exact) mass is 251 g/mol. The Bertz CT molecular complexity index is 490. The molecule has 0 amide bonds. The Hall–Kier alpha value is -1.33. The fourth-order valence-electron chi connectivity index (χ4n) is 1.68. The number of ether oxygens (including phenoxy) is 1. The molecule has 2 aromatic rings. The van der Waals surface area contributed by atoms with E-state index in [2.05, 4.69) is 29.5 Å². The highest BCUT2D eigenvalue weighted by Crippen LogP contribution is 2.15. The minimum atomic E-state index is 0.758. The zero-order valence-corrected chi connectivity index (χ0v) is 11.2. The van der Waals surface area contributed by atoms with E-state index in [1.807, 2.05) is 24.5 Å². The van der Waals surface area contributed by atoms with E-state index < -0.39 is 0 Å². The summed E-state index contributed by atoms with van der Waals surface area (Å²) in [6.45, 7) is 3.77. The fraction of sp³-hybridized carbons (Fsp3) is 0.417. The van der Waals surface area contributed by atoms with Gasteiger partial charge in [0.15, 0.2) is 0 Å². The van der Waals surface area contributed by atoms with Gasteiger partial charge in [0, 0.05) is 36.0 Å². The third-order valence-corrected chi connectivity index (χ3v) is 3.50. The number of aromatic nitrogens is 2. The van der Waals surface area contributed by atoms with Crippen LogP contribution in [0.1, 0.15) is 15.4 Å². The van der Waals surface area contributed by atoms with Gasteiger partial charge in [-0.3, -0.25) is 0 Å². The predicted octanol–water partition coefficient (Wildman–Crippen LogP) is 2.09. The van der Waals surface area contributed by atoms with Gasteiger partial charge in [-0.05, 0) is 19.1 Å².